The van der Waals surface area contributed by atoms with E-state index in [0.717, 1.165) is 5.56 Å². The van der Waals surface area contributed by atoms with Crippen LogP contribution in [0.15, 0.2) is 48.5 Å². The first-order chi connectivity index (χ1) is 10.6. The van der Waals surface area contributed by atoms with E-state index >= 15 is 0 Å². The molecular weight excluding hydrogens is 279 g/mol. The van der Waals surface area contributed by atoms with Gasteiger partial charge in [-0.15, -0.1) is 0 Å². The Balaban J connectivity index is 1.98. The Morgan fingerprint density at radius 3 is 2.77 bits per heavy atom. The molecule has 0 aliphatic carbocycles. The largest absolute Gasteiger partial charge is 0.493 e. The minimum Gasteiger partial charge on any atom is -0.493 e. The van der Waals surface area contributed by atoms with Crippen molar-refractivity contribution in [3.8, 4) is 11.8 Å². The van der Waals surface area contributed by atoms with Crippen molar-refractivity contribution in [3.05, 3.63) is 65.5 Å². The molecule has 0 fully saturated rings. The maximum atomic E-state index is 13.6. The smallest absolute Gasteiger partial charge is 0.139 e. The van der Waals surface area contributed by atoms with Crippen LogP contribution in [0.2, 0.25) is 0 Å². The molecule has 1 aliphatic heterocycles. The number of fused-ring (bicyclic) bond motifs is 1. The van der Waals surface area contributed by atoms with Crippen molar-refractivity contribution in [2.75, 3.05) is 6.61 Å². The molecule has 22 heavy (non-hydrogen) atoms. The molecule has 3 nitrogen and oxygen atoms in total. The van der Waals surface area contributed by atoms with Gasteiger partial charge in [-0.3, -0.25) is 5.32 Å². The van der Waals surface area contributed by atoms with Crippen LogP contribution < -0.4 is 10.1 Å². The molecular formula is C18H17FN2O. The minimum absolute atomic E-state index is 0.0323. The molecule has 0 amide bonds. The first-order valence-corrected chi connectivity index (χ1v) is 7.31. The number of ether oxygens (including phenoxy) is 1. The summed E-state index contributed by atoms with van der Waals surface area (Å²) in [5.41, 5.74) is 0.718. The predicted molar refractivity (Wildman–Crippen MR) is 81.8 cm³/mol. The number of rotatable bonds is 3. The number of nitrogens with one attached hydrogen (secondary N) is 1. The maximum absolute atomic E-state index is 13.6. The molecule has 0 aromatic heterocycles. The Kier molecular flexibility index (Phi) is 3.82. The molecule has 4 heteroatoms. The zero-order valence-corrected chi connectivity index (χ0v) is 12.3. The lowest BCUT2D eigenvalue weighted by molar-refractivity contribution is 0.209. The lowest BCUT2D eigenvalue weighted by atomic mass is 9.84. The number of hydrogen-bond acceptors (Lipinski definition) is 3. The van der Waals surface area contributed by atoms with Crippen molar-refractivity contribution in [2.45, 2.75) is 24.9 Å². The molecule has 0 unspecified atom stereocenters. The van der Waals surface area contributed by atoms with Crippen molar-refractivity contribution < 1.29 is 9.13 Å². The molecule has 2 aromatic rings. The van der Waals surface area contributed by atoms with E-state index in [1.165, 1.54) is 12.1 Å². The third kappa shape index (κ3) is 2.56. The first kappa shape index (κ1) is 14.6. The van der Waals surface area contributed by atoms with Crippen LogP contribution >= 0.6 is 0 Å². The summed E-state index contributed by atoms with van der Waals surface area (Å²) in [6.45, 7) is 2.43. The van der Waals surface area contributed by atoms with Crippen molar-refractivity contribution >= 4 is 0 Å². The van der Waals surface area contributed by atoms with E-state index in [-0.39, 0.29) is 11.9 Å². The topological polar surface area (TPSA) is 45.0 Å². The highest BCUT2D eigenvalue weighted by atomic mass is 19.1. The summed E-state index contributed by atoms with van der Waals surface area (Å²) < 4.78 is 19.2. The SMILES string of the molecule is C[C@H](N[C@@]1(C#N)CCOc2ccc(F)cc21)c1ccccc1. The normalized spacial score (nSPS) is 21.3. The van der Waals surface area contributed by atoms with Crippen molar-refractivity contribution in [3.63, 3.8) is 0 Å². The molecule has 0 spiro atoms. The fourth-order valence-electron chi connectivity index (χ4n) is 2.90. The van der Waals surface area contributed by atoms with Crippen molar-refractivity contribution in [1.29, 1.82) is 5.26 Å². The quantitative estimate of drug-likeness (QED) is 0.939. The van der Waals surface area contributed by atoms with Crippen LogP contribution in [0.4, 0.5) is 4.39 Å². The highest BCUT2D eigenvalue weighted by Gasteiger charge is 2.39. The van der Waals surface area contributed by atoms with Crippen molar-refractivity contribution in [1.82, 2.24) is 5.32 Å². The van der Waals surface area contributed by atoms with Gasteiger partial charge in [0.2, 0.25) is 0 Å². The molecule has 1 N–H and O–H groups in total. The molecule has 0 bridgehead atoms. The zero-order valence-electron chi connectivity index (χ0n) is 12.3. The van der Waals surface area contributed by atoms with E-state index in [1.807, 2.05) is 37.3 Å². The van der Waals surface area contributed by atoms with Gasteiger partial charge in [-0.05, 0) is 30.7 Å². The monoisotopic (exact) mass is 296 g/mol. The molecule has 1 heterocycles. The molecule has 0 saturated carbocycles. The Morgan fingerprint density at radius 2 is 2.05 bits per heavy atom. The van der Waals surface area contributed by atoms with E-state index < -0.39 is 5.54 Å². The molecule has 112 valence electrons. The van der Waals surface area contributed by atoms with Crippen LogP contribution in [-0.2, 0) is 5.54 Å². The predicted octanol–water partition coefficient (Wildman–Crippen LogP) is 3.68. The van der Waals surface area contributed by atoms with Gasteiger partial charge in [-0.25, -0.2) is 4.39 Å². The summed E-state index contributed by atoms with van der Waals surface area (Å²) in [5, 5.41) is 13.2. The van der Waals surface area contributed by atoms with Gasteiger partial charge in [0, 0.05) is 18.0 Å². The summed E-state index contributed by atoms with van der Waals surface area (Å²) in [4.78, 5) is 0. The number of nitrogens with zero attached hydrogens (tertiary/aromatic N) is 1. The summed E-state index contributed by atoms with van der Waals surface area (Å²) in [5.74, 6) is 0.208. The number of benzene rings is 2. The van der Waals surface area contributed by atoms with Crippen LogP contribution in [0, 0.1) is 17.1 Å². The van der Waals surface area contributed by atoms with Crippen molar-refractivity contribution in [2.24, 2.45) is 0 Å². The Hall–Kier alpha value is -2.38. The number of nitriles is 1. The summed E-state index contributed by atoms with van der Waals surface area (Å²) in [6, 6.07) is 16.5. The van der Waals surface area contributed by atoms with Crippen LogP contribution in [0.3, 0.4) is 0 Å². The number of hydrogen-bond donors (Lipinski definition) is 1. The van der Waals surface area contributed by atoms with E-state index in [1.54, 1.807) is 6.07 Å². The zero-order chi connectivity index (χ0) is 15.6. The second-order valence-electron chi connectivity index (χ2n) is 5.53. The molecule has 0 radical (unpaired) electrons. The minimum atomic E-state index is -0.940. The van der Waals surface area contributed by atoms with Crippen LogP contribution in [0.25, 0.3) is 0 Å². The lowest BCUT2D eigenvalue weighted by Crippen LogP contribution is -2.46. The molecule has 2 atom stereocenters. The first-order valence-electron chi connectivity index (χ1n) is 7.31. The highest BCUT2D eigenvalue weighted by molar-refractivity contribution is 5.45. The number of halogens is 1. The second-order valence-corrected chi connectivity index (χ2v) is 5.53. The van der Waals surface area contributed by atoms with Gasteiger partial charge < -0.3 is 4.74 Å². The standard InChI is InChI=1S/C18H17FN2O/c1-13(14-5-3-2-4-6-14)21-18(12-20)9-10-22-17-8-7-15(19)11-16(17)18/h2-8,11,13,21H,9-10H2,1H3/t13-,18+/m0/s1. The van der Waals surface area contributed by atoms with Gasteiger partial charge in [0.1, 0.15) is 17.1 Å². The van der Waals surface area contributed by atoms with Gasteiger partial charge in [0.25, 0.3) is 0 Å². The summed E-state index contributed by atoms with van der Waals surface area (Å²) >= 11 is 0. The fraction of sp³-hybridized carbons (Fsp3) is 0.278. The Labute approximate surface area is 129 Å². The summed E-state index contributed by atoms with van der Waals surface area (Å²) in [6.07, 6.45) is 0.483. The molecule has 1 aliphatic rings. The third-order valence-electron chi connectivity index (χ3n) is 4.09. The molecule has 2 aromatic carbocycles. The van der Waals surface area contributed by atoms with Gasteiger partial charge >= 0.3 is 0 Å². The van der Waals surface area contributed by atoms with E-state index in [2.05, 4.69) is 11.4 Å². The van der Waals surface area contributed by atoms with Gasteiger partial charge in [-0.1, -0.05) is 30.3 Å². The Morgan fingerprint density at radius 1 is 1.27 bits per heavy atom. The molecule has 0 saturated heterocycles. The van der Waals surface area contributed by atoms with Gasteiger partial charge in [-0.2, -0.15) is 5.26 Å². The van der Waals surface area contributed by atoms with Gasteiger partial charge in [0.05, 0.1) is 12.7 Å². The van der Waals surface area contributed by atoms with E-state index in [0.29, 0.717) is 24.3 Å². The van der Waals surface area contributed by atoms with Crippen LogP contribution in [-0.4, -0.2) is 6.61 Å². The van der Waals surface area contributed by atoms with Crippen LogP contribution in [0.5, 0.6) is 5.75 Å². The third-order valence-corrected chi connectivity index (χ3v) is 4.09. The van der Waals surface area contributed by atoms with E-state index in [9.17, 15) is 9.65 Å². The van der Waals surface area contributed by atoms with Crippen LogP contribution in [0.1, 0.15) is 30.5 Å². The van der Waals surface area contributed by atoms with E-state index in [4.69, 9.17) is 4.74 Å². The van der Waals surface area contributed by atoms with Gasteiger partial charge in [0.15, 0.2) is 0 Å². The average Bonchev–Trinajstić information content (AvgIpc) is 2.56. The summed E-state index contributed by atoms with van der Waals surface area (Å²) in [7, 11) is 0. The highest BCUT2D eigenvalue weighted by Crippen LogP contribution is 2.38. The Bertz CT molecular complexity index is 711. The fourth-order valence-corrected chi connectivity index (χ4v) is 2.90. The lowest BCUT2D eigenvalue weighted by Gasteiger charge is -2.36. The average molecular weight is 296 g/mol. The maximum Gasteiger partial charge on any atom is 0.139 e. The molecule has 3 rings (SSSR count). The second kappa shape index (κ2) is 5.78.